The van der Waals surface area contributed by atoms with E-state index in [4.69, 9.17) is 4.74 Å². The van der Waals surface area contributed by atoms with Crippen LogP contribution in [0.1, 0.15) is 47.1 Å². The van der Waals surface area contributed by atoms with E-state index in [1.807, 2.05) is 0 Å². The van der Waals surface area contributed by atoms with Crippen molar-refractivity contribution in [3.05, 3.63) is 64.2 Å². The fraction of sp³-hybridized carbons (Fsp3) is 0.409. The van der Waals surface area contributed by atoms with Crippen molar-refractivity contribution >= 4 is 18.3 Å². The Kier molecular flexibility index (Phi) is 8.14. The molecule has 0 aliphatic carbocycles. The quantitative estimate of drug-likeness (QED) is 0.666. The van der Waals surface area contributed by atoms with E-state index >= 15 is 0 Å². The van der Waals surface area contributed by atoms with Gasteiger partial charge in [-0.15, -0.1) is 12.4 Å². The van der Waals surface area contributed by atoms with Crippen LogP contribution in [0.4, 0.5) is 0 Å². The maximum atomic E-state index is 12.0. The summed E-state index contributed by atoms with van der Waals surface area (Å²) in [5, 5.41) is 6.35. The monoisotopic (exact) mass is 388 g/mol. The maximum Gasteiger partial charge on any atom is 0.220 e. The number of fused-ring (bicyclic) bond motifs is 1. The summed E-state index contributed by atoms with van der Waals surface area (Å²) < 4.78 is 5.83. The number of aryl methyl sites for hydroxylation is 2. The second-order valence-corrected chi connectivity index (χ2v) is 7.06. The Morgan fingerprint density at radius 3 is 2.74 bits per heavy atom. The molecule has 146 valence electrons. The Labute approximate surface area is 168 Å². The minimum Gasteiger partial charge on any atom is -0.493 e. The molecule has 1 aliphatic rings. The number of nitrogens with one attached hydrogen (secondary N) is 2. The molecule has 1 aliphatic heterocycles. The molecule has 2 aromatic rings. The number of carbonyl (C=O) groups excluding carboxylic acids is 1. The first-order valence-corrected chi connectivity index (χ1v) is 9.40. The third-order valence-electron chi connectivity index (χ3n) is 4.79. The minimum absolute atomic E-state index is 0. The summed E-state index contributed by atoms with van der Waals surface area (Å²) in [5.74, 6) is 1.05. The van der Waals surface area contributed by atoms with Gasteiger partial charge in [-0.1, -0.05) is 30.3 Å². The highest BCUT2D eigenvalue weighted by Gasteiger charge is 2.10. The predicted octanol–water partition coefficient (Wildman–Crippen LogP) is 4.19. The van der Waals surface area contributed by atoms with Gasteiger partial charge in [0, 0.05) is 26.1 Å². The Hall–Kier alpha value is -2.04. The van der Waals surface area contributed by atoms with Gasteiger partial charge in [-0.3, -0.25) is 4.79 Å². The maximum absolute atomic E-state index is 12.0. The Balaban J connectivity index is 0.00000261. The number of rotatable bonds is 8. The molecule has 0 spiro atoms. The van der Waals surface area contributed by atoms with Crippen LogP contribution in [0.15, 0.2) is 36.4 Å². The number of hydrogen-bond acceptors (Lipinski definition) is 3. The Morgan fingerprint density at radius 1 is 1.07 bits per heavy atom. The minimum atomic E-state index is 0. The fourth-order valence-electron chi connectivity index (χ4n) is 3.18. The predicted molar refractivity (Wildman–Crippen MR) is 111 cm³/mol. The lowest BCUT2D eigenvalue weighted by Gasteiger charge is -2.10. The summed E-state index contributed by atoms with van der Waals surface area (Å²) in [4.78, 5) is 12.0. The van der Waals surface area contributed by atoms with Crippen molar-refractivity contribution in [3.8, 4) is 5.75 Å². The summed E-state index contributed by atoms with van der Waals surface area (Å²) in [6.45, 7) is 7.25. The van der Waals surface area contributed by atoms with Crippen LogP contribution in [-0.2, 0) is 24.4 Å². The van der Waals surface area contributed by atoms with Crippen molar-refractivity contribution < 1.29 is 9.53 Å². The van der Waals surface area contributed by atoms with Crippen LogP contribution in [0.5, 0.6) is 5.75 Å². The van der Waals surface area contributed by atoms with Crippen LogP contribution in [0.3, 0.4) is 0 Å². The highest BCUT2D eigenvalue weighted by Crippen LogP contribution is 2.19. The summed E-state index contributed by atoms with van der Waals surface area (Å²) in [5.41, 5.74) is 6.23. The fourth-order valence-corrected chi connectivity index (χ4v) is 3.18. The molecule has 0 radical (unpaired) electrons. The van der Waals surface area contributed by atoms with E-state index in [-0.39, 0.29) is 18.3 Å². The number of ether oxygens (including phenoxy) is 1. The lowest BCUT2D eigenvalue weighted by atomic mass is 10.1. The molecule has 0 unspecified atom stereocenters. The molecule has 1 amide bonds. The average molecular weight is 389 g/mol. The van der Waals surface area contributed by atoms with Crippen LogP contribution in [0.2, 0.25) is 0 Å². The van der Waals surface area contributed by atoms with E-state index in [0.717, 1.165) is 37.2 Å². The third kappa shape index (κ3) is 6.26. The molecule has 0 aromatic heterocycles. The second-order valence-electron chi connectivity index (χ2n) is 7.06. The largest absolute Gasteiger partial charge is 0.493 e. The zero-order valence-corrected chi connectivity index (χ0v) is 17.0. The normalized spacial score (nSPS) is 12.2. The van der Waals surface area contributed by atoms with E-state index in [2.05, 4.69) is 60.9 Å². The SMILES string of the molecule is Cc1ccc(C)c(OCCCCC(=O)NCc2ccc3c(c2)CNC3)c1.Cl. The number of carbonyl (C=O) groups is 1. The number of hydrogen-bond donors (Lipinski definition) is 2. The highest BCUT2D eigenvalue weighted by atomic mass is 35.5. The zero-order valence-electron chi connectivity index (χ0n) is 16.1. The van der Waals surface area contributed by atoms with Crippen molar-refractivity contribution in [1.82, 2.24) is 10.6 Å². The molecule has 0 bridgehead atoms. The van der Waals surface area contributed by atoms with Crippen LogP contribution >= 0.6 is 12.4 Å². The van der Waals surface area contributed by atoms with Gasteiger partial charge in [-0.25, -0.2) is 0 Å². The number of amides is 1. The smallest absolute Gasteiger partial charge is 0.220 e. The van der Waals surface area contributed by atoms with Crippen molar-refractivity contribution in [1.29, 1.82) is 0 Å². The van der Waals surface area contributed by atoms with Gasteiger partial charge in [0.15, 0.2) is 0 Å². The Bertz CT molecular complexity index is 777. The van der Waals surface area contributed by atoms with E-state index in [0.29, 0.717) is 19.6 Å². The zero-order chi connectivity index (χ0) is 18.4. The first kappa shape index (κ1) is 21.3. The summed E-state index contributed by atoms with van der Waals surface area (Å²) in [6, 6.07) is 12.7. The molecule has 3 rings (SSSR count). The van der Waals surface area contributed by atoms with Gasteiger partial charge in [0.2, 0.25) is 5.91 Å². The second kappa shape index (κ2) is 10.3. The number of benzene rings is 2. The lowest BCUT2D eigenvalue weighted by molar-refractivity contribution is -0.121. The van der Waals surface area contributed by atoms with Crippen molar-refractivity contribution in [2.45, 2.75) is 52.7 Å². The van der Waals surface area contributed by atoms with Gasteiger partial charge in [0.05, 0.1) is 6.61 Å². The molecule has 1 heterocycles. The first-order valence-electron chi connectivity index (χ1n) is 9.40. The van der Waals surface area contributed by atoms with E-state index in [1.54, 1.807) is 0 Å². The topological polar surface area (TPSA) is 50.4 Å². The van der Waals surface area contributed by atoms with Gasteiger partial charge >= 0.3 is 0 Å². The molecule has 0 atom stereocenters. The molecule has 2 N–H and O–H groups in total. The van der Waals surface area contributed by atoms with Crippen LogP contribution in [-0.4, -0.2) is 12.5 Å². The summed E-state index contributed by atoms with van der Waals surface area (Å²) in [7, 11) is 0. The van der Waals surface area contributed by atoms with Crippen LogP contribution < -0.4 is 15.4 Å². The first-order chi connectivity index (χ1) is 12.6. The molecule has 4 nitrogen and oxygen atoms in total. The van der Waals surface area contributed by atoms with Gasteiger partial charge in [0.1, 0.15) is 5.75 Å². The lowest BCUT2D eigenvalue weighted by Crippen LogP contribution is -2.22. The summed E-state index contributed by atoms with van der Waals surface area (Å²) in [6.07, 6.45) is 2.26. The molecule has 27 heavy (non-hydrogen) atoms. The van der Waals surface area contributed by atoms with Gasteiger partial charge < -0.3 is 15.4 Å². The molecule has 2 aromatic carbocycles. The number of halogens is 1. The standard InChI is InChI=1S/C22H28N2O2.ClH/c1-16-6-7-17(2)21(11-16)26-10-4-3-5-22(25)24-13-18-8-9-19-14-23-15-20(19)12-18;/h6-9,11-12,23H,3-5,10,13-15H2,1-2H3,(H,24,25);1H. The van der Waals surface area contributed by atoms with E-state index < -0.39 is 0 Å². The molecule has 0 fully saturated rings. The third-order valence-corrected chi connectivity index (χ3v) is 4.79. The molecule has 5 heteroatoms. The average Bonchev–Trinajstić information content (AvgIpc) is 3.10. The Morgan fingerprint density at radius 2 is 1.89 bits per heavy atom. The molecular weight excluding hydrogens is 360 g/mol. The van der Waals surface area contributed by atoms with Crippen molar-refractivity contribution in [2.24, 2.45) is 0 Å². The van der Waals surface area contributed by atoms with Crippen LogP contribution in [0.25, 0.3) is 0 Å². The van der Waals surface area contributed by atoms with Gasteiger partial charge in [-0.2, -0.15) is 0 Å². The van der Waals surface area contributed by atoms with Gasteiger partial charge in [0.25, 0.3) is 0 Å². The highest BCUT2D eigenvalue weighted by molar-refractivity contribution is 5.85. The van der Waals surface area contributed by atoms with E-state index in [1.165, 1.54) is 22.3 Å². The summed E-state index contributed by atoms with van der Waals surface area (Å²) >= 11 is 0. The molecule has 0 saturated heterocycles. The van der Waals surface area contributed by atoms with Crippen molar-refractivity contribution in [2.75, 3.05) is 6.61 Å². The van der Waals surface area contributed by atoms with Crippen molar-refractivity contribution in [3.63, 3.8) is 0 Å². The molecule has 0 saturated carbocycles. The van der Waals surface area contributed by atoms with E-state index in [9.17, 15) is 4.79 Å². The van der Waals surface area contributed by atoms with Gasteiger partial charge in [-0.05, 0) is 60.6 Å². The molecular formula is C22H29ClN2O2. The number of unbranched alkanes of at least 4 members (excludes halogenated alkanes) is 1. The van der Waals surface area contributed by atoms with Crippen LogP contribution in [0, 0.1) is 13.8 Å².